The number of aliphatic carboxylic acids is 1. The molecule has 2 heterocycles. The maximum absolute atomic E-state index is 12.7. The summed E-state index contributed by atoms with van der Waals surface area (Å²) in [5.74, 6) is -0.649. The van der Waals surface area contributed by atoms with E-state index in [4.69, 9.17) is 32.7 Å². The number of morpholine rings is 1. The third kappa shape index (κ3) is 8.37. The van der Waals surface area contributed by atoms with Crippen molar-refractivity contribution in [3.63, 3.8) is 0 Å². The molecular weight excluding hydrogens is 744 g/mol. The van der Waals surface area contributed by atoms with E-state index in [0.29, 0.717) is 47.5 Å². The van der Waals surface area contributed by atoms with Crippen molar-refractivity contribution in [1.29, 1.82) is 5.41 Å². The minimum absolute atomic E-state index is 0. The number of hydrogen-bond acceptors (Lipinski definition) is 10. The van der Waals surface area contributed by atoms with Crippen molar-refractivity contribution in [3.8, 4) is 0 Å². The zero-order chi connectivity index (χ0) is 27.0. The van der Waals surface area contributed by atoms with E-state index < -0.39 is 16.0 Å². The fraction of sp³-hybridized carbons (Fsp3) is 0.261. The quantitative estimate of drug-likeness (QED) is 0.196. The largest absolute Gasteiger partial charge is 0.770 e. The Balaban J connectivity index is 0.000000947. The molecule has 1 saturated heterocycles. The molecule has 2 N–H and O–H groups in total. The fourth-order valence-electron chi connectivity index (χ4n) is 3.30. The molecule has 2 aromatic rings. The van der Waals surface area contributed by atoms with Gasteiger partial charge in [-0.05, 0) is 43.3 Å². The Morgan fingerprint density at radius 2 is 1.71 bits per heavy atom. The van der Waals surface area contributed by atoms with Crippen LogP contribution in [0.3, 0.4) is 0 Å². The molecule has 0 bridgehead atoms. The zero-order valence-corrected chi connectivity index (χ0v) is 26.9. The van der Waals surface area contributed by atoms with E-state index in [-0.39, 0.29) is 38.0 Å². The first kappa shape index (κ1) is 32.0. The van der Waals surface area contributed by atoms with E-state index in [1.807, 2.05) is 30.3 Å². The summed E-state index contributed by atoms with van der Waals surface area (Å²) < 4.78 is 36.5. The summed E-state index contributed by atoms with van der Waals surface area (Å²) in [6.07, 6.45) is 0. The van der Waals surface area contributed by atoms with E-state index >= 15 is 0 Å². The number of ether oxygens (including phenoxy) is 1. The Morgan fingerprint density at radius 1 is 1.13 bits per heavy atom. The maximum Gasteiger partial charge on any atom is 0.300 e. The third-order valence-electron chi connectivity index (χ3n) is 4.99. The van der Waals surface area contributed by atoms with E-state index in [1.165, 1.54) is 21.4 Å². The van der Waals surface area contributed by atoms with Gasteiger partial charge in [-0.1, -0.05) is 18.2 Å². The summed E-state index contributed by atoms with van der Waals surface area (Å²) in [6, 6.07) is 15.6. The number of benzene rings is 2. The van der Waals surface area contributed by atoms with Crippen LogP contribution in [0.1, 0.15) is 13.8 Å². The number of carboxylic acid groups (broad SMARTS) is 1. The van der Waals surface area contributed by atoms with Crippen molar-refractivity contribution in [3.05, 3.63) is 64.4 Å². The number of hydrazone groups is 1. The topological polar surface area (TPSA) is 148 Å². The first-order valence-electron chi connectivity index (χ1n) is 11.0. The second-order valence-electron chi connectivity index (χ2n) is 7.65. The van der Waals surface area contributed by atoms with Gasteiger partial charge in [0.05, 0.1) is 35.2 Å². The molecule has 2 aliphatic rings. The molecular formula is C23H25N6O5PbS3-. The van der Waals surface area contributed by atoms with Crippen LogP contribution in [0, 0.1) is 5.41 Å². The first-order valence-corrected chi connectivity index (χ1v) is 13.6. The van der Waals surface area contributed by atoms with Crippen LogP contribution in [-0.2, 0) is 32.2 Å². The van der Waals surface area contributed by atoms with Gasteiger partial charge in [-0.25, -0.2) is 13.4 Å². The van der Waals surface area contributed by atoms with Gasteiger partial charge in [0.2, 0.25) is 10.0 Å². The molecule has 0 spiro atoms. The number of carbonyl (C=O) groups is 1. The fourth-order valence-corrected chi connectivity index (χ4v) is 5.60. The Labute approximate surface area is 251 Å². The summed E-state index contributed by atoms with van der Waals surface area (Å²) in [4.78, 5) is 9.20. The van der Waals surface area contributed by atoms with Crippen molar-refractivity contribution in [2.24, 2.45) is 14.7 Å². The summed E-state index contributed by atoms with van der Waals surface area (Å²) in [5, 5.41) is 25.9. The molecule has 0 aliphatic carbocycles. The van der Waals surface area contributed by atoms with E-state index in [2.05, 4.69) is 14.7 Å². The second kappa shape index (κ2) is 14.8. The van der Waals surface area contributed by atoms with Crippen LogP contribution in [0.15, 0.2) is 84.0 Å². The Morgan fingerprint density at radius 3 is 2.29 bits per heavy atom. The van der Waals surface area contributed by atoms with Gasteiger partial charge in [0.15, 0.2) is 5.84 Å². The van der Waals surface area contributed by atoms with Crippen LogP contribution in [0.4, 0.5) is 11.4 Å². The zero-order valence-electron chi connectivity index (χ0n) is 20.6. The van der Waals surface area contributed by atoms with Gasteiger partial charge in [0, 0.05) is 64.8 Å². The van der Waals surface area contributed by atoms with E-state index in [0.717, 1.165) is 24.6 Å². The van der Waals surface area contributed by atoms with Gasteiger partial charge in [-0.15, -0.1) is 13.9 Å². The summed E-state index contributed by atoms with van der Waals surface area (Å²) in [6.45, 7) is 4.36. The van der Waals surface area contributed by atoms with Crippen LogP contribution in [0.2, 0.25) is 0 Å². The SMILES string of the molecule is CC(=O)O.CC1=NN(c2ccccc2)C(=N)/C1=C(/[S-])SN=Nc1ccc(S(=O)(=O)N2CCOCC2)cc1.[Pb]. The third-order valence-corrected chi connectivity index (χ3v) is 7.86. The summed E-state index contributed by atoms with van der Waals surface area (Å²) in [7, 11) is -3.55. The molecule has 0 saturated carbocycles. The molecule has 2 aromatic carbocycles. The predicted octanol–water partition coefficient (Wildman–Crippen LogP) is 3.78. The molecule has 4 rings (SSSR count). The minimum atomic E-state index is -3.55. The van der Waals surface area contributed by atoms with Gasteiger partial charge in [0.1, 0.15) is 0 Å². The second-order valence-corrected chi connectivity index (χ2v) is 11.0. The van der Waals surface area contributed by atoms with Crippen molar-refractivity contribution >= 4 is 90.8 Å². The van der Waals surface area contributed by atoms with E-state index in [9.17, 15) is 8.42 Å². The minimum Gasteiger partial charge on any atom is -0.770 e. The van der Waals surface area contributed by atoms with Gasteiger partial charge in [0.25, 0.3) is 5.97 Å². The van der Waals surface area contributed by atoms with Crippen LogP contribution in [-0.4, -0.2) is 88.9 Å². The number of nitrogens with one attached hydrogen (secondary N) is 1. The van der Waals surface area contributed by atoms with Crippen molar-refractivity contribution in [2.45, 2.75) is 18.7 Å². The monoisotopic (exact) mass is 769 g/mol. The molecule has 38 heavy (non-hydrogen) atoms. The standard InChI is InChI=1S/C21H22N6O3S3.C2H4O2.Pb/c1-15-19(20(22)27(24-15)17-5-3-2-4-6-17)21(31)32-25-23-16-7-9-18(10-8-16)33(28,29)26-11-13-30-14-12-26;1-2(3)4;/h2-10,22,31H,11-14H2,1H3;1H3,(H,3,4);/p-1/b21-19-,22-20?,25-23?;;. The van der Waals surface area contributed by atoms with Crippen LogP contribution in [0.5, 0.6) is 0 Å². The number of amidine groups is 1. The van der Waals surface area contributed by atoms with Crippen LogP contribution < -0.4 is 5.01 Å². The Kier molecular flexibility index (Phi) is 12.4. The predicted molar refractivity (Wildman–Crippen MR) is 151 cm³/mol. The average Bonchev–Trinajstić information content (AvgIpc) is 3.18. The molecule has 1 fully saturated rings. The summed E-state index contributed by atoms with van der Waals surface area (Å²) >= 11 is 6.43. The normalized spacial score (nSPS) is 17.4. The molecule has 200 valence electrons. The van der Waals surface area contributed by atoms with Crippen LogP contribution >= 0.6 is 11.9 Å². The number of hydrogen-bond donors (Lipinski definition) is 2. The van der Waals surface area contributed by atoms with Gasteiger partial charge < -0.3 is 22.5 Å². The molecule has 4 radical (unpaired) electrons. The molecule has 0 amide bonds. The van der Waals surface area contributed by atoms with Gasteiger partial charge in [-0.2, -0.15) is 9.41 Å². The smallest absolute Gasteiger partial charge is 0.300 e. The van der Waals surface area contributed by atoms with Crippen molar-refractivity contribution in [2.75, 3.05) is 31.3 Å². The number of sulfonamides is 1. The maximum atomic E-state index is 12.7. The Hall–Kier alpha value is -2.25. The molecule has 2 aliphatic heterocycles. The molecule has 0 aromatic heterocycles. The van der Waals surface area contributed by atoms with Crippen LogP contribution in [0.25, 0.3) is 0 Å². The number of nitrogens with zero attached hydrogens (tertiary/aromatic N) is 5. The number of anilines is 1. The molecule has 15 heteroatoms. The molecule has 11 nitrogen and oxygen atoms in total. The molecule has 0 unspecified atom stereocenters. The average molecular weight is 769 g/mol. The number of carboxylic acids is 1. The number of para-hydroxylation sites is 1. The summed E-state index contributed by atoms with van der Waals surface area (Å²) in [5.41, 5.74) is 2.44. The first-order chi connectivity index (χ1) is 17.6. The van der Waals surface area contributed by atoms with Gasteiger partial charge >= 0.3 is 0 Å². The molecule has 0 atom stereocenters. The van der Waals surface area contributed by atoms with E-state index in [1.54, 1.807) is 19.1 Å². The Bertz CT molecular complexity index is 1330. The van der Waals surface area contributed by atoms with Crippen molar-refractivity contribution in [1.82, 2.24) is 4.31 Å². The van der Waals surface area contributed by atoms with Crippen molar-refractivity contribution < 1.29 is 23.1 Å². The number of rotatable bonds is 6. The van der Waals surface area contributed by atoms with Gasteiger partial charge in [-0.3, -0.25) is 10.2 Å².